The molecule has 0 radical (unpaired) electrons. The molecule has 0 amide bonds. The summed E-state index contributed by atoms with van der Waals surface area (Å²) >= 11 is 0. The van der Waals surface area contributed by atoms with Crippen LogP contribution in [0.1, 0.15) is 47.5 Å². The molecule has 0 atom stereocenters. The highest BCUT2D eigenvalue weighted by molar-refractivity contribution is 5.69. The molecule has 3 nitrogen and oxygen atoms in total. The molecule has 0 aromatic rings. The zero-order chi connectivity index (χ0) is 11.2. The highest BCUT2D eigenvalue weighted by atomic mass is 16.5. The molecule has 84 valence electrons. The van der Waals surface area contributed by atoms with Crippen molar-refractivity contribution < 1.29 is 9.53 Å². The van der Waals surface area contributed by atoms with Crippen molar-refractivity contribution in [2.75, 3.05) is 6.54 Å². The summed E-state index contributed by atoms with van der Waals surface area (Å²) in [6.45, 7) is 10.9. The van der Waals surface area contributed by atoms with Crippen molar-refractivity contribution in [2.45, 2.75) is 59.1 Å². The monoisotopic (exact) mass is 201 g/mol. The van der Waals surface area contributed by atoms with Gasteiger partial charge < -0.3 is 10.1 Å². The Balaban J connectivity index is 3.41. The lowest BCUT2D eigenvalue weighted by Gasteiger charge is -2.20. The summed E-state index contributed by atoms with van der Waals surface area (Å²) < 4.78 is 5.02. The molecular weight excluding hydrogens is 178 g/mol. The Kier molecular flexibility index (Phi) is 5.77. The Morgan fingerprint density at radius 3 is 2.36 bits per heavy atom. The van der Waals surface area contributed by atoms with Gasteiger partial charge in [-0.1, -0.05) is 0 Å². The zero-order valence-corrected chi connectivity index (χ0v) is 10.0. The van der Waals surface area contributed by atoms with Crippen LogP contribution in [0.4, 0.5) is 0 Å². The fourth-order valence-corrected chi connectivity index (χ4v) is 1.02. The minimum absolute atomic E-state index is 0.00178. The van der Waals surface area contributed by atoms with E-state index in [4.69, 9.17) is 4.74 Å². The fourth-order valence-electron chi connectivity index (χ4n) is 1.02. The van der Waals surface area contributed by atoms with Crippen LogP contribution >= 0.6 is 0 Å². The fraction of sp³-hybridized carbons (Fsp3) is 0.909. The van der Waals surface area contributed by atoms with Crippen LogP contribution < -0.4 is 5.32 Å². The van der Waals surface area contributed by atoms with Crippen LogP contribution in [0, 0.1) is 0 Å². The lowest BCUT2D eigenvalue weighted by molar-refractivity contribution is -0.147. The topological polar surface area (TPSA) is 38.3 Å². The molecule has 0 aliphatic heterocycles. The van der Waals surface area contributed by atoms with Crippen molar-refractivity contribution in [1.29, 1.82) is 0 Å². The molecule has 0 saturated heterocycles. The molecular formula is C11H23NO2. The Labute approximate surface area is 87.2 Å². The molecule has 0 aromatic carbocycles. The number of hydrogen-bond acceptors (Lipinski definition) is 3. The quantitative estimate of drug-likeness (QED) is 0.547. The molecule has 0 aliphatic carbocycles. The molecule has 0 heterocycles. The molecule has 0 saturated carbocycles. The normalized spacial score (nSPS) is 11.9. The van der Waals surface area contributed by atoms with Crippen LogP contribution in [0.5, 0.6) is 0 Å². The van der Waals surface area contributed by atoms with Gasteiger partial charge in [0.05, 0.1) is 6.10 Å². The minimum Gasteiger partial charge on any atom is -0.463 e. The maximum Gasteiger partial charge on any atom is 0.306 e. The Hall–Kier alpha value is -0.570. The molecule has 0 aromatic heterocycles. The van der Waals surface area contributed by atoms with Crippen LogP contribution in [-0.2, 0) is 9.53 Å². The van der Waals surface area contributed by atoms with Gasteiger partial charge in [-0.2, -0.15) is 0 Å². The first-order valence-corrected chi connectivity index (χ1v) is 5.26. The summed E-state index contributed by atoms with van der Waals surface area (Å²) in [5, 5.41) is 3.32. The van der Waals surface area contributed by atoms with Gasteiger partial charge in [-0.25, -0.2) is 0 Å². The van der Waals surface area contributed by atoms with Crippen molar-refractivity contribution >= 4 is 5.97 Å². The van der Waals surface area contributed by atoms with Gasteiger partial charge in [0.2, 0.25) is 0 Å². The number of esters is 1. The van der Waals surface area contributed by atoms with Gasteiger partial charge in [0.15, 0.2) is 0 Å². The van der Waals surface area contributed by atoms with Crippen LogP contribution in [-0.4, -0.2) is 24.2 Å². The number of carbonyl (C=O) groups excluding carboxylic acids is 1. The second-order valence-corrected chi connectivity index (χ2v) is 4.82. The third kappa shape index (κ3) is 9.52. The van der Waals surface area contributed by atoms with Gasteiger partial charge >= 0.3 is 5.97 Å². The van der Waals surface area contributed by atoms with Gasteiger partial charge in [0.25, 0.3) is 0 Å². The summed E-state index contributed by atoms with van der Waals surface area (Å²) in [5.41, 5.74) is 0.127. The molecule has 0 fully saturated rings. The van der Waals surface area contributed by atoms with Crippen molar-refractivity contribution in [3.05, 3.63) is 0 Å². The number of hydrogen-bond donors (Lipinski definition) is 1. The lowest BCUT2D eigenvalue weighted by atomic mass is 10.1. The van der Waals surface area contributed by atoms with Gasteiger partial charge in [0.1, 0.15) is 0 Å². The van der Waals surface area contributed by atoms with Crippen LogP contribution in [0.15, 0.2) is 0 Å². The minimum atomic E-state index is -0.101. The van der Waals surface area contributed by atoms with Crippen molar-refractivity contribution in [2.24, 2.45) is 0 Å². The largest absolute Gasteiger partial charge is 0.463 e. The smallest absolute Gasteiger partial charge is 0.306 e. The number of carbonyl (C=O) groups is 1. The van der Waals surface area contributed by atoms with Gasteiger partial charge in [0, 0.05) is 12.0 Å². The summed E-state index contributed by atoms with van der Waals surface area (Å²) in [6, 6.07) is 0. The van der Waals surface area contributed by atoms with Crippen LogP contribution in [0.25, 0.3) is 0 Å². The predicted molar refractivity (Wildman–Crippen MR) is 58.2 cm³/mol. The van der Waals surface area contributed by atoms with E-state index < -0.39 is 0 Å². The number of nitrogens with one attached hydrogen (secondary N) is 1. The Morgan fingerprint density at radius 2 is 1.93 bits per heavy atom. The molecule has 0 aliphatic rings. The van der Waals surface area contributed by atoms with Gasteiger partial charge in [-0.3, -0.25) is 4.79 Å². The Bertz CT molecular complexity index is 171. The predicted octanol–water partition coefficient (Wildman–Crippen LogP) is 2.11. The highest BCUT2D eigenvalue weighted by Gasteiger charge is 2.09. The first-order valence-electron chi connectivity index (χ1n) is 5.26. The molecule has 0 rings (SSSR count). The van der Waals surface area contributed by atoms with Crippen molar-refractivity contribution in [3.63, 3.8) is 0 Å². The number of ether oxygens (including phenoxy) is 1. The average molecular weight is 201 g/mol. The SMILES string of the molecule is CC(C)OC(=O)CCCNC(C)(C)C. The maximum atomic E-state index is 11.1. The van der Waals surface area contributed by atoms with Gasteiger partial charge in [-0.15, -0.1) is 0 Å². The van der Waals surface area contributed by atoms with Crippen LogP contribution in [0.2, 0.25) is 0 Å². The van der Waals surface area contributed by atoms with E-state index in [1.807, 2.05) is 13.8 Å². The molecule has 0 bridgehead atoms. The van der Waals surface area contributed by atoms with E-state index in [0.29, 0.717) is 6.42 Å². The van der Waals surface area contributed by atoms with Gasteiger partial charge in [-0.05, 0) is 47.6 Å². The van der Waals surface area contributed by atoms with Crippen molar-refractivity contribution in [1.82, 2.24) is 5.32 Å². The van der Waals surface area contributed by atoms with Crippen molar-refractivity contribution in [3.8, 4) is 0 Å². The average Bonchev–Trinajstić information content (AvgIpc) is 1.95. The standard InChI is InChI=1S/C11H23NO2/c1-9(2)14-10(13)7-6-8-12-11(3,4)5/h9,12H,6-8H2,1-5H3. The van der Waals surface area contributed by atoms with E-state index in [1.165, 1.54) is 0 Å². The number of rotatable bonds is 5. The van der Waals surface area contributed by atoms with E-state index in [9.17, 15) is 4.79 Å². The molecule has 14 heavy (non-hydrogen) atoms. The van der Waals surface area contributed by atoms with Crippen LogP contribution in [0.3, 0.4) is 0 Å². The third-order valence-corrected chi connectivity index (χ3v) is 1.58. The Morgan fingerprint density at radius 1 is 1.36 bits per heavy atom. The summed E-state index contributed by atoms with van der Waals surface area (Å²) in [5.74, 6) is -0.101. The zero-order valence-electron chi connectivity index (χ0n) is 10.0. The molecule has 0 spiro atoms. The first-order chi connectivity index (χ1) is 6.31. The second-order valence-electron chi connectivity index (χ2n) is 4.82. The maximum absolute atomic E-state index is 11.1. The second kappa shape index (κ2) is 6.02. The highest BCUT2D eigenvalue weighted by Crippen LogP contribution is 2.00. The molecule has 0 unspecified atom stereocenters. The van der Waals surface area contributed by atoms with E-state index >= 15 is 0 Å². The van der Waals surface area contributed by atoms with E-state index in [-0.39, 0.29) is 17.6 Å². The van der Waals surface area contributed by atoms with E-state index in [0.717, 1.165) is 13.0 Å². The molecule has 1 N–H and O–H groups in total. The third-order valence-electron chi connectivity index (χ3n) is 1.58. The molecule has 3 heteroatoms. The first kappa shape index (κ1) is 13.4. The van der Waals surface area contributed by atoms with E-state index in [1.54, 1.807) is 0 Å². The van der Waals surface area contributed by atoms with E-state index in [2.05, 4.69) is 26.1 Å². The summed E-state index contributed by atoms with van der Waals surface area (Å²) in [4.78, 5) is 11.1. The summed E-state index contributed by atoms with van der Waals surface area (Å²) in [6.07, 6.45) is 1.34. The lowest BCUT2D eigenvalue weighted by Crippen LogP contribution is -2.36. The summed E-state index contributed by atoms with van der Waals surface area (Å²) in [7, 11) is 0.